The molecular formula is C14H17ClN2O3. The number of likely N-dealkylation sites (tertiary alicyclic amines) is 1. The van der Waals surface area contributed by atoms with Gasteiger partial charge in [0.2, 0.25) is 5.91 Å². The van der Waals surface area contributed by atoms with E-state index in [-0.39, 0.29) is 11.5 Å². The molecule has 1 saturated heterocycles. The number of nitrogens with zero attached hydrogens (tertiary/aromatic N) is 1. The summed E-state index contributed by atoms with van der Waals surface area (Å²) >= 11 is 5.80. The van der Waals surface area contributed by atoms with E-state index in [4.69, 9.17) is 16.7 Å². The van der Waals surface area contributed by atoms with Crippen LogP contribution in [0.4, 0.5) is 5.69 Å². The molecule has 1 atom stereocenters. The highest BCUT2D eigenvalue weighted by Crippen LogP contribution is 2.22. The molecule has 0 bridgehead atoms. The number of amides is 1. The Morgan fingerprint density at radius 1 is 1.35 bits per heavy atom. The fourth-order valence-electron chi connectivity index (χ4n) is 2.33. The molecule has 0 radical (unpaired) electrons. The number of hydrogen-bond acceptors (Lipinski definition) is 3. The van der Waals surface area contributed by atoms with Crippen molar-refractivity contribution in [3.05, 3.63) is 28.8 Å². The van der Waals surface area contributed by atoms with Crippen molar-refractivity contribution in [2.45, 2.75) is 25.8 Å². The van der Waals surface area contributed by atoms with Gasteiger partial charge in [-0.1, -0.05) is 11.6 Å². The molecule has 0 aromatic heterocycles. The van der Waals surface area contributed by atoms with Gasteiger partial charge in [0.1, 0.15) is 6.04 Å². The van der Waals surface area contributed by atoms with Gasteiger partial charge in [0, 0.05) is 23.8 Å². The summed E-state index contributed by atoms with van der Waals surface area (Å²) in [5.74, 6) is -1.08. The average Bonchev–Trinajstić information content (AvgIpc) is 2.93. The van der Waals surface area contributed by atoms with Crippen molar-refractivity contribution >= 4 is 29.2 Å². The zero-order valence-electron chi connectivity index (χ0n) is 11.2. The van der Waals surface area contributed by atoms with E-state index in [2.05, 4.69) is 5.32 Å². The van der Waals surface area contributed by atoms with Gasteiger partial charge in [0.05, 0.1) is 5.56 Å². The smallest absolute Gasteiger partial charge is 0.337 e. The maximum Gasteiger partial charge on any atom is 0.337 e. The molecule has 0 saturated carbocycles. The van der Waals surface area contributed by atoms with Crippen LogP contribution < -0.4 is 5.32 Å². The van der Waals surface area contributed by atoms with Gasteiger partial charge < -0.3 is 15.3 Å². The second-order valence-corrected chi connectivity index (χ2v) is 5.33. The molecule has 5 nitrogen and oxygen atoms in total. The Morgan fingerprint density at radius 2 is 2.00 bits per heavy atom. The number of anilines is 1. The van der Waals surface area contributed by atoms with Gasteiger partial charge >= 0.3 is 5.97 Å². The fourth-order valence-corrected chi connectivity index (χ4v) is 2.50. The molecule has 6 heteroatoms. The second kappa shape index (κ2) is 6.13. The molecule has 1 amide bonds. The van der Waals surface area contributed by atoms with Crippen LogP contribution in [0.3, 0.4) is 0 Å². The standard InChI is InChI=1S/C14H17ClN2O3/c1-9(13(18)17-6-2-3-7-17)16-12-5-4-10(15)8-11(12)14(19)20/h4-5,8-9,16H,2-3,6-7H2,1H3,(H,19,20). The molecule has 1 heterocycles. The minimum Gasteiger partial charge on any atom is -0.478 e. The van der Waals surface area contributed by atoms with Crippen molar-refractivity contribution in [1.82, 2.24) is 4.90 Å². The summed E-state index contributed by atoms with van der Waals surface area (Å²) in [6, 6.07) is 4.09. The van der Waals surface area contributed by atoms with E-state index in [0.29, 0.717) is 10.7 Å². The maximum atomic E-state index is 12.2. The topological polar surface area (TPSA) is 69.6 Å². The molecule has 1 fully saturated rings. The first-order valence-corrected chi connectivity index (χ1v) is 6.95. The molecule has 1 aromatic rings. The van der Waals surface area contributed by atoms with Gasteiger partial charge in [-0.2, -0.15) is 0 Å². The van der Waals surface area contributed by atoms with Crippen LogP contribution in [-0.2, 0) is 4.79 Å². The number of carboxylic acid groups (broad SMARTS) is 1. The van der Waals surface area contributed by atoms with E-state index in [1.165, 1.54) is 6.07 Å². The van der Waals surface area contributed by atoms with Gasteiger partial charge in [0.15, 0.2) is 0 Å². The highest BCUT2D eigenvalue weighted by molar-refractivity contribution is 6.31. The second-order valence-electron chi connectivity index (χ2n) is 4.89. The normalized spacial score (nSPS) is 16.0. The quantitative estimate of drug-likeness (QED) is 0.895. The van der Waals surface area contributed by atoms with Crippen molar-refractivity contribution in [1.29, 1.82) is 0 Å². The summed E-state index contributed by atoms with van der Waals surface area (Å²) in [5.41, 5.74) is 0.473. The first-order chi connectivity index (χ1) is 9.49. The summed E-state index contributed by atoms with van der Waals surface area (Å²) in [7, 11) is 0. The Morgan fingerprint density at radius 3 is 2.60 bits per heavy atom. The lowest BCUT2D eigenvalue weighted by atomic mass is 10.1. The third-order valence-electron chi connectivity index (χ3n) is 3.37. The fraction of sp³-hybridized carbons (Fsp3) is 0.429. The van der Waals surface area contributed by atoms with Crippen LogP contribution in [0.1, 0.15) is 30.1 Å². The maximum absolute atomic E-state index is 12.2. The monoisotopic (exact) mass is 296 g/mol. The number of aromatic carboxylic acids is 1. The number of carbonyl (C=O) groups is 2. The van der Waals surface area contributed by atoms with Crippen molar-refractivity contribution in [3.63, 3.8) is 0 Å². The lowest BCUT2D eigenvalue weighted by molar-refractivity contribution is -0.130. The van der Waals surface area contributed by atoms with E-state index >= 15 is 0 Å². The third kappa shape index (κ3) is 3.22. The first-order valence-electron chi connectivity index (χ1n) is 6.57. The van der Waals surface area contributed by atoms with Gasteiger partial charge in [0.25, 0.3) is 0 Å². The summed E-state index contributed by atoms with van der Waals surface area (Å²) in [6.45, 7) is 3.29. The molecule has 1 aliphatic heterocycles. The molecule has 1 unspecified atom stereocenters. The number of carbonyl (C=O) groups excluding carboxylic acids is 1. The summed E-state index contributed by atoms with van der Waals surface area (Å²) in [6.07, 6.45) is 2.06. The molecule has 108 valence electrons. The Kier molecular flexibility index (Phi) is 4.49. The number of benzene rings is 1. The molecular weight excluding hydrogens is 280 g/mol. The Labute approximate surface area is 122 Å². The van der Waals surface area contributed by atoms with Crippen molar-refractivity contribution in [2.24, 2.45) is 0 Å². The summed E-state index contributed by atoms with van der Waals surface area (Å²) in [5, 5.41) is 12.5. The van der Waals surface area contributed by atoms with Crippen molar-refractivity contribution in [2.75, 3.05) is 18.4 Å². The zero-order chi connectivity index (χ0) is 14.7. The Bertz CT molecular complexity index is 527. The average molecular weight is 297 g/mol. The SMILES string of the molecule is CC(Nc1ccc(Cl)cc1C(=O)O)C(=O)N1CCCC1. The number of rotatable bonds is 4. The first kappa shape index (κ1) is 14.7. The molecule has 0 aliphatic carbocycles. The van der Waals surface area contributed by atoms with Crippen molar-refractivity contribution < 1.29 is 14.7 Å². The molecule has 20 heavy (non-hydrogen) atoms. The summed E-state index contributed by atoms with van der Waals surface area (Å²) < 4.78 is 0. The van der Waals surface area contributed by atoms with Crippen LogP contribution in [0.2, 0.25) is 5.02 Å². The van der Waals surface area contributed by atoms with Gasteiger partial charge in [-0.15, -0.1) is 0 Å². The van der Waals surface area contributed by atoms with Gasteiger partial charge in [-0.3, -0.25) is 4.79 Å². The molecule has 2 rings (SSSR count). The molecule has 0 spiro atoms. The van der Waals surface area contributed by atoms with E-state index < -0.39 is 12.0 Å². The molecule has 1 aliphatic rings. The number of hydrogen-bond donors (Lipinski definition) is 2. The largest absolute Gasteiger partial charge is 0.478 e. The minimum absolute atomic E-state index is 0.00575. The Balaban J connectivity index is 2.12. The third-order valence-corrected chi connectivity index (χ3v) is 3.61. The predicted octanol–water partition coefficient (Wildman–Crippen LogP) is 2.46. The summed E-state index contributed by atoms with van der Waals surface area (Å²) in [4.78, 5) is 25.2. The van der Waals surface area contributed by atoms with Crippen LogP contribution in [0.25, 0.3) is 0 Å². The lowest BCUT2D eigenvalue weighted by Gasteiger charge is -2.22. The number of halogens is 1. The Hall–Kier alpha value is -1.75. The van der Waals surface area contributed by atoms with Crippen molar-refractivity contribution in [3.8, 4) is 0 Å². The van der Waals surface area contributed by atoms with E-state index in [1.807, 2.05) is 0 Å². The highest BCUT2D eigenvalue weighted by atomic mass is 35.5. The zero-order valence-corrected chi connectivity index (χ0v) is 12.0. The van der Waals surface area contributed by atoms with E-state index in [9.17, 15) is 9.59 Å². The lowest BCUT2D eigenvalue weighted by Crippen LogP contribution is -2.39. The van der Waals surface area contributed by atoms with Crippen LogP contribution in [0, 0.1) is 0 Å². The highest BCUT2D eigenvalue weighted by Gasteiger charge is 2.24. The van der Waals surface area contributed by atoms with Gasteiger partial charge in [-0.25, -0.2) is 4.79 Å². The van der Waals surface area contributed by atoms with Crippen LogP contribution in [-0.4, -0.2) is 41.0 Å². The van der Waals surface area contributed by atoms with Crippen LogP contribution >= 0.6 is 11.6 Å². The van der Waals surface area contributed by atoms with E-state index in [0.717, 1.165) is 25.9 Å². The number of nitrogens with one attached hydrogen (secondary N) is 1. The van der Waals surface area contributed by atoms with E-state index in [1.54, 1.807) is 24.0 Å². The van der Waals surface area contributed by atoms with Crippen LogP contribution in [0.5, 0.6) is 0 Å². The van der Waals surface area contributed by atoms with Crippen LogP contribution in [0.15, 0.2) is 18.2 Å². The molecule has 1 aromatic carbocycles. The van der Waals surface area contributed by atoms with Gasteiger partial charge in [-0.05, 0) is 38.0 Å². The minimum atomic E-state index is -1.07. The molecule has 2 N–H and O–H groups in total. The predicted molar refractivity (Wildman–Crippen MR) is 77.3 cm³/mol. The number of carboxylic acids is 1.